The number of aldehydes is 1. The lowest BCUT2D eigenvalue weighted by Crippen LogP contribution is -2.63. The first kappa shape index (κ1) is 42.8. The Bertz CT molecular complexity index is 1580. The van der Waals surface area contributed by atoms with Crippen molar-refractivity contribution in [1.82, 2.24) is 14.5 Å². The van der Waals surface area contributed by atoms with Crippen LogP contribution in [-0.4, -0.2) is 116 Å². The number of aryl methyl sites for hydroxylation is 1. The Morgan fingerprint density at radius 3 is 2.56 bits per heavy atom. The number of benzene rings is 2. The quantitative estimate of drug-likeness (QED) is 0.160. The van der Waals surface area contributed by atoms with Crippen LogP contribution in [0, 0.1) is 11.8 Å². The van der Waals surface area contributed by atoms with Gasteiger partial charge >= 0.3 is 0 Å². The average molecular weight is 786 g/mol. The molecular weight excluding hydrogens is 720 g/mol. The highest BCUT2D eigenvalue weighted by atomic mass is 35.5. The highest BCUT2D eigenvalue weighted by Crippen LogP contribution is 2.47. The van der Waals surface area contributed by atoms with Gasteiger partial charge in [0, 0.05) is 80.7 Å². The lowest BCUT2D eigenvalue weighted by Gasteiger charge is -2.53. The Labute approximate surface area is 332 Å². The Kier molecular flexibility index (Phi) is 16.0. The summed E-state index contributed by atoms with van der Waals surface area (Å²) in [6.07, 6.45) is 11.3. The molecule has 7 atom stereocenters. The van der Waals surface area contributed by atoms with Gasteiger partial charge in [-0.05, 0) is 107 Å². The number of ether oxygens (including phenoxy) is 3. The summed E-state index contributed by atoms with van der Waals surface area (Å²) in [5.74, 6) is 1.87. The molecule has 9 nitrogen and oxygen atoms in total. The number of carbonyl (C=O) groups is 1. The number of nitrogens with zero attached hydrogens (tertiary/aromatic N) is 3. The fourth-order valence-electron chi connectivity index (χ4n) is 8.76. The number of fused-ring (bicyclic) bond motifs is 2. The van der Waals surface area contributed by atoms with Crippen LogP contribution in [0.5, 0.6) is 5.75 Å². The molecule has 2 saturated heterocycles. The predicted molar refractivity (Wildman–Crippen MR) is 223 cm³/mol. The summed E-state index contributed by atoms with van der Waals surface area (Å²) in [6, 6.07) is 12.6. The minimum Gasteiger partial charge on any atom is -0.491 e. The number of hydrogen-bond donors (Lipinski definition) is 1. The molecule has 0 radical (unpaired) electrons. The van der Waals surface area contributed by atoms with Crippen molar-refractivity contribution in [3.8, 4) is 5.75 Å². The van der Waals surface area contributed by atoms with Crippen molar-refractivity contribution in [3.63, 3.8) is 0 Å². The van der Waals surface area contributed by atoms with Gasteiger partial charge in [-0.2, -0.15) is 0 Å². The zero-order chi connectivity index (χ0) is 38.8. The van der Waals surface area contributed by atoms with E-state index in [-0.39, 0.29) is 16.8 Å². The third-order valence-corrected chi connectivity index (χ3v) is 13.3. The van der Waals surface area contributed by atoms with Crippen molar-refractivity contribution < 1.29 is 23.2 Å². The number of nitrogens with one attached hydrogen (secondary N) is 1. The second-order valence-corrected chi connectivity index (χ2v) is 18.2. The van der Waals surface area contributed by atoms with Crippen LogP contribution in [0.15, 0.2) is 48.6 Å². The van der Waals surface area contributed by atoms with E-state index in [9.17, 15) is 9.00 Å². The van der Waals surface area contributed by atoms with E-state index in [1.165, 1.54) is 11.1 Å². The molecule has 5 unspecified atom stereocenters. The number of morpholine rings is 1. The number of carbonyl (C=O) groups excluding carboxylic acids is 1. The highest BCUT2D eigenvalue weighted by molar-refractivity contribution is 7.83. The van der Waals surface area contributed by atoms with Crippen molar-refractivity contribution >= 4 is 34.6 Å². The van der Waals surface area contributed by atoms with E-state index in [1.807, 2.05) is 45.2 Å². The van der Waals surface area contributed by atoms with E-state index >= 15 is 0 Å². The minimum absolute atomic E-state index is 0.184. The molecule has 3 heterocycles. The van der Waals surface area contributed by atoms with Crippen molar-refractivity contribution in [2.24, 2.45) is 11.8 Å². The Morgan fingerprint density at radius 1 is 1.09 bits per heavy atom. The van der Waals surface area contributed by atoms with Crippen LogP contribution in [0.25, 0.3) is 0 Å². The summed E-state index contributed by atoms with van der Waals surface area (Å²) in [4.78, 5) is 19.7. The van der Waals surface area contributed by atoms with Crippen LogP contribution >= 0.6 is 11.6 Å². The first-order valence-electron chi connectivity index (χ1n) is 20.2. The molecule has 3 fully saturated rings. The third-order valence-electron chi connectivity index (χ3n) is 11.8. The van der Waals surface area contributed by atoms with Gasteiger partial charge in [-0.1, -0.05) is 50.1 Å². The standard InChI is InChI=1S/C39H54ClN3O4.C4H11NOS/c1-5-7-15-39(45-4,27-41-16-17-42-20-28(3)46-26-34(42)23-41)36-13-10-31(36)21-43-22-32(35-12-11-33(40)19-30(35)8-6-2)25-47-38-14-9-29(24-44)18-37(38)43;1-4(2)7(6)5-3/h7,9,11-12,14-15,18-19,24,28,31-32,34,36H,5-6,8,10,13,16-17,20-23,25-27H2,1-4H3;4-5H,1-3H3/b15-7+;/t28-,31?,32?,34?,36?,39-;/m1./s1. The van der Waals surface area contributed by atoms with Crippen LogP contribution < -0.4 is 14.4 Å². The molecule has 2 aromatic carbocycles. The number of allylic oxidation sites excluding steroid dienone is 1. The maximum Gasteiger partial charge on any atom is 0.150 e. The highest BCUT2D eigenvalue weighted by Gasteiger charge is 2.49. The van der Waals surface area contributed by atoms with Crippen molar-refractivity contribution in [1.29, 1.82) is 0 Å². The van der Waals surface area contributed by atoms with Gasteiger partial charge < -0.3 is 19.1 Å². The van der Waals surface area contributed by atoms with Crippen molar-refractivity contribution in [2.75, 3.05) is 78.1 Å². The summed E-state index contributed by atoms with van der Waals surface area (Å²) >= 11 is 6.47. The van der Waals surface area contributed by atoms with Crippen molar-refractivity contribution in [2.45, 2.75) is 95.6 Å². The van der Waals surface area contributed by atoms with Crippen LogP contribution in [0.3, 0.4) is 0 Å². The third kappa shape index (κ3) is 10.5. The molecule has 0 bridgehead atoms. The fraction of sp³-hybridized carbons (Fsp3) is 0.651. The van der Waals surface area contributed by atoms with E-state index in [2.05, 4.69) is 64.5 Å². The number of hydrogen-bond acceptors (Lipinski definition) is 8. The molecule has 0 aromatic heterocycles. The number of anilines is 1. The second kappa shape index (κ2) is 20.2. The van der Waals surface area contributed by atoms with E-state index in [0.717, 1.165) is 107 Å². The molecule has 1 saturated carbocycles. The molecule has 0 spiro atoms. The molecular formula is C43H65ClN4O5S. The molecule has 1 N–H and O–H groups in total. The summed E-state index contributed by atoms with van der Waals surface area (Å²) < 4.78 is 32.3. The average Bonchev–Trinajstić information content (AvgIpc) is 3.34. The first-order valence-corrected chi connectivity index (χ1v) is 21.8. The van der Waals surface area contributed by atoms with Crippen LogP contribution in [0.2, 0.25) is 5.02 Å². The maximum absolute atomic E-state index is 11.9. The lowest BCUT2D eigenvalue weighted by atomic mass is 9.63. The molecule has 0 amide bonds. The van der Waals surface area contributed by atoms with Gasteiger partial charge in [-0.3, -0.25) is 14.6 Å². The molecule has 4 aliphatic rings. The monoisotopic (exact) mass is 784 g/mol. The number of rotatable bonds is 14. The van der Waals surface area contributed by atoms with Gasteiger partial charge in [0.05, 0.1) is 36.0 Å². The predicted octanol–water partition coefficient (Wildman–Crippen LogP) is 7.15. The van der Waals surface area contributed by atoms with Crippen LogP contribution in [-0.2, 0) is 26.9 Å². The molecule has 2 aromatic rings. The van der Waals surface area contributed by atoms with E-state index in [1.54, 1.807) is 7.05 Å². The molecule has 54 heavy (non-hydrogen) atoms. The number of piperazine rings is 1. The Morgan fingerprint density at radius 2 is 1.91 bits per heavy atom. The van der Waals surface area contributed by atoms with Gasteiger partial charge in [0.25, 0.3) is 0 Å². The summed E-state index contributed by atoms with van der Waals surface area (Å²) in [5, 5.41) is 1.01. The maximum atomic E-state index is 11.9. The summed E-state index contributed by atoms with van der Waals surface area (Å²) in [6.45, 7) is 18.6. The Balaban J connectivity index is 0.000000730. The zero-order valence-corrected chi connectivity index (χ0v) is 35.3. The first-order chi connectivity index (χ1) is 26.0. The fourth-order valence-corrected chi connectivity index (χ4v) is 9.42. The molecule has 11 heteroatoms. The topological polar surface area (TPSA) is 83.6 Å². The largest absolute Gasteiger partial charge is 0.491 e. The molecule has 6 rings (SSSR count). The van der Waals surface area contributed by atoms with Gasteiger partial charge in [-0.15, -0.1) is 0 Å². The van der Waals surface area contributed by atoms with E-state index < -0.39 is 11.0 Å². The molecule has 1 aliphatic carbocycles. The second-order valence-electron chi connectivity index (χ2n) is 15.8. The van der Waals surface area contributed by atoms with Gasteiger partial charge in [-0.25, -0.2) is 8.93 Å². The zero-order valence-electron chi connectivity index (χ0n) is 33.7. The van der Waals surface area contributed by atoms with E-state index in [0.29, 0.717) is 36.2 Å². The Hall–Kier alpha value is -2.31. The minimum atomic E-state index is -0.829. The van der Waals surface area contributed by atoms with Crippen LogP contribution in [0.1, 0.15) is 87.7 Å². The molecule has 3 aliphatic heterocycles. The SMILES string of the molecule is CC/C=C/[C@](CN1CCN2C[C@@H](C)OCC2C1)(OC)C1CCC1CN1CC(c2ccc(Cl)cc2CCC)COc2ccc(C=O)cc21.CNS(=O)C(C)C. The number of halogens is 1. The van der Waals surface area contributed by atoms with Gasteiger partial charge in [0.1, 0.15) is 17.6 Å². The number of methoxy groups -OCH3 is 1. The molecule has 300 valence electrons. The lowest BCUT2D eigenvalue weighted by molar-refractivity contribution is -0.117. The summed E-state index contributed by atoms with van der Waals surface area (Å²) in [7, 11) is 2.77. The summed E-state index contributed by atoms with van der Waals surface area (Å²) in [5.41, 5.74) is 3.95. The van der Waals surface area contributed by atoms with Gasteiger partial charge in [0.15, 0.2) is 0 Å². The van der Waals surface area contributed by atoms with E-state index in [4.69, 9.17) is 25.8 Å². The van der Waals surface area contributed by atoms with Gasteiger partial charge in [0.2, 0.25) is 0 Å². The van der Waals surface area contributed by atoms with Crippen LogP contribution in [0.4, 0.5) is 5.69 Å². The normalized spacial score (nSPS) is 26.4. The van der Waals surface area contributed by atoms with Crippen molar-refractivity contribution in [3.05, 3.63) is 70.3 Å². The smallest absolute Gasteiger partial charge is 0.150 e.